The number of hydrogen-bond acceptors (Lipinski definition) is 6. The van der Waals surface area contributed by atoms with E-state index in [2.05, 4.69) is 10.6 Å². The van der Waals surface area contributed by atoms with E-state index < -0.39 is 5.54 Å². The minimum Gasteiger partial charge on any atom is -0.492 e. The topological polar surface area (TPSA) is 85.9 Å². The molecule has 1 amide bonds. The number of carbonyl (C=O) groups excluding carboxylic acids is 2. The summed E-state index contributed by atoms with van der Waals surface area (Å²) in [6, 6.07) is 16.4. The number of rotatable bonds is 9. The van der Waals surface area contributed by atoms with Gasteiger partial charge in [0.05, 0.1) is 25.3 Å². The van der Waals surface area contributed by atoms with Crippen LogP contribution in [0.5, 0.6) is 5.75 Å². The van der Waals surface area contributed by atoms with Crippen LogP contribution in [0.25, 0.3) is 0 Å². The first-order valence-corrected chi connectivity index (χ1v) is 10.5. The highest BCUT2D eigenvalue weighted by Crippen LogP contribution is 2.22. The number of carbonyl (C=O) groups is 2. The molecule has 1 fully saturated rings. The second kappa shape index (κ2) is 10.9. The molecule has 2 aromatic carbocycles. The first-order chi connectivity index (χ1) is 15.0. The minimum absolute atomic E-state index is 0.101. The first-order valence-electron chi connectivity index (χ1n) is 10.5. The Kier molecular flexibility index (Phi) is 8.03. The lowest BCUT2D eigenvalue weighted by Gasteiger charge is -2.37. The van der Waals surface area contributed by atoms with Crippen molar-refractivity contribution in [2.75, 3.05) is 33.5 Å². The van der Waals surface area contributed by atoms with Crippen LogP contribution < -0.4 is 15.4 Å². The predicted octanol–water partition coefficient (Wildman–Crippen LogP) is 2.87. The molecule has 0 bridgehead atoms. The molecular weight excluding hydrogens is 396 g/mol. The summed E-state index contributed by atoms with van der Waals surface area (Å²) in [5.74, 6) is 0.312. The highest BCUT2D eigenvalue weighted by atomic mass is 16.5. The smallest absolute Gasteiger partial charge is 0.337 e. The largest absolute Gasteiger partial charge is 0.492 e. The van der Waals surface area contributed by atoms with Crippen molar-refractivity contribution in [3.63, 3.8) is 0 Å². The van der Waals surface area contributed by atoms with Crippen LogP contribution in [0.4, 0.5) is 0 Å². The summed E-state index contributed by atoms with van der Waals surface area (Å²) < 4.78 is 16.1. The van der Waals surface area contributed by atoms with Crippen molar-refractivity contribution in [3.8, 4) is 5.75 Å². The number of benzene rings is 2. The standard InChI is InChI=1S/C24H30N2O5/c1-18(19-9-11-20(12-10-19)22(27)29-2)26-23(28)24(13-6-15-30-17-24)25-14-16-31-21-7-4-3-5-8-21/h3-5,7-12,18,25H,6,13-17H2,1-2H3,(H,26,28). The molecule has 7 nitrogen and oxygen atoms in total. The second-order valence-corrected chi connectivity index (χ2v) is 7.64. The zero-order valence-corrected chi connectivity index (χ0v) is 18.1. The van der Waals surface area contributed by atoms with Gasteiger partial charge in [0.1, 0.15) is 17.9 Å². The Morgan fingerprint density at radius 2 is 1.87 bits per heavy atom. The van der Waals surface area contributed by atoms with E-state index in [1.165, 1.54) is 7.11 Å². The molecule has 2 atom stereocenters. The van der Waals surface area contributed by atoms with Crippen molar-refractivity contribution in [3.05, 3.63) is 65.7 Å². The van der Waals surface area contributed by atoms with Gasteiger partial charge in [-0.15, -0.1) is 0 Å². The highest BCUT2D eigenvalue weighted by molar-refractivity contribution is 5.89. The van der Waals surface area contributed by atoms with E-state index in [0.29, 0.717) is 38.3 Å². The third-order valence-electron chi connectivity index (χ3n) is 5.43. The number of para-hydroxylation sites is 1. The van der Waals surface area contributed by atoms with Crippen LogP contribution in [0, 0.1) is 0 Å². The zero-order chi connectivity index (χ0) is 22.1. The zero-order valence-electron chi connectivity index (χ0n) is 18.1. The van der Waals surface area contributed by atoms with Gasteiger partial charge in [-0.25, -0.2) is 4.79 Å². The van der Waals surface area contributed by atoms with Gasteiger partial charge < -0.3 is 19.5 Å². The van der Waals surface area contributed by atoms with E-state index in [1.54, 1.807) is 12.1 Å². The van der Waals surface area contributed by atoms with Crippen LogP contribution in [0.3, 0.4) is 0 Å². The van der Waals surface area contributed by atoms with Crippen molar-refractivity contribution in [1.82, 2.24) is 10.6 Å². The summed E-state index contributed by atoms with van der Waals surface area (Å²) in [6.45, 7) is 3.86. The fraction of sp³-hybridized carbons (Fsp3) is 0.417. The fourth-order valence-electron chi connectivity index (χ4n) is 3.61. The summed E-state index contributed by atoms with van der Waals surface area (Å²) >= 11 is 0. The monoisotopic (exact) mass is 426 g/mol. The van der Waals surface area contributed by atoms with Gasteiger partial charge >= 0.3 is 5.97 Å². The van der Waals surface area contributed by atoms with Crippen molar-refractivity contribution >= 4 is 11.9 Å². The summed E-state index contributed by atoms with van der Waals surface area (Å²) in [5.41, 5.74) is 0.584. The molecule has 7 heteroatoms. The third kappa shape index (κ3) is 6.06. The van der Waals surface area contributed by atoms with Crippen LogP contribution in [0.2, 0.25) is 0 Å². The predicted molar refractivity (Wildman–Crippen MR) is 117 cm³/mol. The van der Waals surface area contributed by atoms with E-state index in [1.807, 2.05) is 49.4 Å². The molecule has 2 N–H and O–H groups in total. The molecule has 0 aliphatic carbocycles. The Labute approximate surface area is 183 Å². The molecule has 31 heavy (non-hydrogen) atoms. The SMILES string of the molecule is COC(=O)c1ccc(C(C)NC(=O)C2(NCCOc3ccccc3)CCCOC2)cc1. The number of amides is 1. The lowest BCUT2D eigenvalue weighted by Crippen LogP contribution is -2.62. The van der Waals surface area contributed by atoms with Gasteiger partial charge in [-0.2, -0.15) is 0 Å². The molecule has 3 rings (SSSR count). The van der Waals surface area contributed by atoms with Gasteiger partial charge in [0.25, 0.3) is 0 Å². The molecular formula is C24H30N2O5. The molecule has 0 saturated carbocycles. The van der Waals surface area contributed by atoms with Crippen LogP contribution in [0.1, 0.15) is 41.7 Å². The summed E-state index contributed by atoms with van der Waals surface area (Å²) in [7, 11) is 1.35. The molecule has 0 radical (unpaired) electrons. The third-order valence-corrected chi connectivity index (χ3v) is 5.43. The lowest BCUT2D eigenvalue weighted by atomic mass is 9.90. The van der Waals surface area contributed by atoms with E-state index >= 15 is 0 Å². The molecule has 1 saturated heterocycles. The maximum Gasteiger partial charge on any atom is 0.337 e. The van der Waals surface area contributed by atoms with Gasteiger partial charge in [0, 0.05) is 13.2 Å². The Bertz CT molecular complexity index is 848. The van der Waals surface area contributed by atoms with E-state index in [9.17, 15) is 9.59 Å². The molecule has 2 aromatic rings. The molecule has 0 spiro atoms. The molecule has 166 valence electrons. The van der Waals surface area contributed by atoms with E-state index in [0.717, 1.165) is 17.7 Å². The number of esters is 1. The van der Waals surface area contributed by atoms with Crippen LogP contribution in [-0.2, 0) is 14.3 Å². The molecule has 1 aliphatic rings. The quantitative estimate of drug-likeness (QED) is 0.474. The van der Waals surface area contributed by atoms with Crippen LogP contribution >= 0.6 is 0 Å². The number of ether oxygens (including phenoxy) is 3. The second-order valence-electron chi connectivity index (χ2n) is 7.64. The maximum absolute atomic E-state index is 13.2. The maximum atomic E-state index is 13.2. The number of hydrogen-bond donors (Lipinski definition) is 2. The lowest BCUT2D eigenvalue weighted by molar-refractivity contribution is -0.134. The van der Waals surface area contributed by atoms with Gasteiger partial charge in [0.15, 0.2) is 0 Å². The highest BCUT2D eigenvalue weighted by Gasteiger charge is 2.40. The first kappa shape index (κ1) is 22.8. The van der Waals surface area contributed by atoms with Crippen LogP contribution in [0.15, 0.2) is 54.6 Å². The molecule has 1 heterocycles. The Morgan fingerprint density at radius 1 is 1.13 bits per heavy atom. The number of methoxy groups -OCH3 is 1. The average molecular weight is 427 g/mol. The Hall–Kier alpha value is -2.90. The molecule has 0 aromatic heterocycles. The van der Waals surface area contributed by atoms with Crippen molar-refractivity contribution in [1.29, 1.82) is 0 Å². The van der Waals surface area contributed by atoms with Crippen molar-refractivity contribution < 1.29 is 23.8 Å². The van der Waals surface area contributed by atoms with Gasteiger partial charge in [-0.1, -0.05) is 30.3 Å². The Balaban J connectivity index is 1.58. The molecule has 1 aliphatic heterocycles. The van der Waals surface area contributed by atoms with E-state index in [-0.39, 0.29) is 17.9 Å². The summed E-state index contributed by atoms with van der Waals surface area (Å²) in [5, 5.41) is 6.46. The van der Waals surface area contributed by atoms with Crippen molar-refractivity contribution in [2.24, 2.45) is 0 Å². The van der Waals surface area contributed by atoms with Crippen LogP contribution in [-0.4, -0.2) is 50.9 Å². The average Bonchev–Trinajstić information content (AvgIpc) is 2.82. The van der Waals surface area contributed by atoms with Gasteiger partial charge in [0.2, 0.25) is 5.91 Å². The summed E-state index contributed by atoms with van der Waals surface area (Å²) in [4.78, 5) is 24.8. The number of nitrogens with one attached hydrogen (secondary N) is 2. The van der Waals surface area contributed by atoms with Crippen molar-refractivity contribution in [2.45, 2.75) is 31.3 Å². The van der Waals surface area contributed by atoms with E-state index in [4.69, 9.17) is 14.2 Å². The van der Waals surface area contributed by atoms with Gasteiger partial charge in [-0.3, -0.25) is 10.1 Å². The normalized spacial score (nSPS) is 19.3. The molecule has 2 unspecified atom stereocenters. The summed E-state index contributed by atoms with van der Waals surface area (Å²) in [6.07, 6.45) is 1.50. The fourth-order valence-corrected chi connectivity index (χ4v) is 3.61. The Morgan fingerprint density at radius 3 is 2.52 bits per heavy atom. The minimum atomic E-state index is -0.793. The van der Waals surface area contributed by atoms with Gasteiger partial charge in [-0.05, 0) is 49.6 Å².